The van der Waals surface area contributed by atoms with E-state index in [9.17, 15) is 0 Å². The van der Waals surface area contributed by atoms with Crippen LogP contribution in [0.1, 0.15) is 49.7 Å². The van der Waals surface area contributed by atoms with Crippen molar-refractivity contribution in [3.8, 4) is 0 Å². The Morgan fingerprint density at radius 1 is 1.11 bits per heavy atom. The Bertz CT molecular complexity index is 586. The molecule has 0 amide bonds. The van der Waals surface area contributed by atoms with E-state index in [4.69, 9.17) is 10.7 Å². The van der Waals surface area contributed by atoms with Gasteiger partial charge in [0.1, 0.15) is 11.6 Å². The van der Waals surface area contributed by atoms with Crippen LogP contribution in [0.5, 0.6) is 0 Å². The zero-order valence-corrected chi connectivity index (χ0v) is 11.4. The Morgan fingerprint density at radius 3 is 2.37 bits per heavy atom. The van der Waals surface area contributed by atoms with Crippen molar-refractivity contribution in [2.45, 2.75) is 38.0 Å². The molecule has 0 bridgehead atoms. The van der Waals surface area contributed by atoms with Gasteiger partial charge in [-0.2, -0.15) is 0 Å². The van der Waals surface area contributed by atoms with Crippen LogP contribution in [0.15, 0.2) is 36.4 Å². The van der Waals surface area contributed by atoms with E-state index in [-0.39, 0.29) is 5.41 Å². The Labute approximate surface area is 113 Å². The zero-order valence-electron chi connectivity index (χ0n) is 11.4. The lowest BCUT2D eigenvalue weighted by molar-refractivity contribution is 0.719. The van der Waals surface area contributed by atoms with Gasteiger partial charge in [-0.3, -0.25) is 0 Å². The van der Waals surface area contributed by atoms with E-state index in [1.165, 1.54) is 5.56 Å². The molecule has 1 aromatic heterocycles. The number of benzene rings is 1. The molecular weight excluding hydrogens is 234 g/mol. The fourth-order valence-corrected chi connectivity index (χ4v) is 2.52. The average molecular weight is 253 g/mol. The molecule has 0 unspecified atom stereocenters. The van der Waals surface area contributed by atoms with E-state index in [0.29, 0.717) is 11.7 Å². The number of nitrogens with zero attached hydrogens (tertiary/aromatic N) is 2. The number of rotatable bonds is 3. The molecule has 0 atom stereocenters. The number of nitrogen functional groups attached to an aromatic ring is 1. The monoisotopic (exact) mass is 253 g/mol. The summed E-state index contributed by atoms with van der Waals surface area (Å²) in [6, 6.07) is 12.4. The van der Waals surface area contributed by atoms with Crippen LogP contribution in [0.3, 0.4) is 0 Å². The van der Waals surface area contributed by atoms with Crippen molar-refractivity contribution >= 4 is 5.82 Å². The highest BCUT2D eigenvalue weighted by atomic mass is 15.0. The number of hydrogen-bond donors (Lipinski definition) is 1. The van der Waals surface area contributed by atoms with Gasteiger partial charge in [-0.05, 0) is 24.3 Å². The van der Waals surface area contributed by atoms with Crippen LogP contribution < -0.4 is 5.73 Å². The van der Waals surface area contributed by atoms with Gasteiger partial charge in [0.25, 0.3) is 0 Å². The molecule has 1 heterocycles. The third-order valence-electron chi connectivity index (χ3n) is 3.86. The van der Waals surface area contributed by atoms with Crippen LogP contribution in [0, 0.1) is 0 Å². The largest absolute Gasteiger partial charge is 0.384 e. The van der Waals surface area contributed by atoms with Crippen molar-refractivity contribution in [3.05, 3.63) is 53.5 Å². The molecule has 0 radical (unpaired) electrons. The summed E-state index contributed by atoms with van der Waals surface area (Å²) in [6.45, 7) is 4.27. The molecule has 3 rings (SSSR count). The molecule has 2 aromatic rings. The van der Waals surface area contributed by atoms with Crippen molar-refractivity contribution in [2.75, 3.05) is 5.73 Å². The van der Waals surface area contributed by atoms with Crippen LogP contribution in [-0.4, -0.2) is 9.97 Å². The minimum absolute atomic E-state index is 0.000278. The van der Waals surface area contributed by atoms with E-state index >= 15 is 0 Å². The summed E-state index contributed by atoms with van der Waals surface area (Å²) in [5.74, 6) is 1.84. The van der Waals surface area contributed by atoms with E-state index in [0.717, 1.165) is 24.4 Å². The average Bonchev–Trinajstić information content (AvgIpc) is 3.20. The van der Waals surface area contributed by atoms with E-state index in [2.05, 4.69) is 43.1 Å². The minimum Gasteiger partial charge on any atom is -0.384 e. The molecule has 2 N–H and O–H groups in total. The van der Waals surface area contributed by atoms with E-state index < -0.39 is 0 Å². The van der Waals surface area contributed by atoms with Crippen LogP contribution >= 0.6 is 0 Å². The second-order valence-electron chi connectivity index (χ2n) is 5.64. The summed E-state index contributed by atoms with van der Waals surface area (Å²) in [5, 5.41) is 0. The van der Waals surface area contributed by atoms with Gasteiger partial charge >= 0.3 is 0 Å². The van der Waals surface area contributed by atoms with Crippen molar-refractivity contribution in [3.63, 3.8) is 0 Å². The fourth-order valence-electron chi connectivity index (χ4n) is 2.52. The van der Waals surface area contributed by atoms with E-state index in [1.54, 1.807) is 0 Å². The molecule has 1 aliphatic carbocycles. The fraction of sp³-hybridized carbons (Fsp3) is 0.375. The Morgan fingerprint density at radius 2 is 1.79 bits per heavy atom. The standard InChI is InChI=1S/C16H19N3/c1-11(2)13-10-14(17)19-15(18-13)16(8-9-16)12-6-4-3-5-7-12/h3-7,10-11H,8-9H2,1-2H3,(H2,17,18,19). The van der Waals surface area contributed by atoms with Crippen molar-refractivity contribution in [2.24, 2.45) is 0 Å². The van der Waals surface area contributed by atoms with Crippen LogP contribution in [0.4, 0.5) is 5.82 Å². The molecule has 0 saturated heterocycles. The first-order chi connectivity index (χ1) is 9.12. The Kier molecular flexibility index (Phi) is 2.77. The normalized spacial score (nSPS) is 16.6. The first-order valence-electron chi connectivity index (χ1n) is 6.82. The van der Waals surface area contributed by atoms with Crippen molar-refractivity contribution in [1.29, 1.82) is 0 Å². The van der Waals surface area contributed by atoms with Gasteiger partial charge in [0, 0.05) is 11.8 Å². The highest BCUT2D eigenvalue weighted by molar-refractivity contribution is 5.42. The smallest absolute Gasteiger partial charge is 0.141 e. The third kappa shape index (κ3) is 2.09. The molecule has 1 fully saturated rings. The number of nitrogens with two attached hydrogens (primary N) is 1. The predicted octanol–water partition coefficient (Wildman–Crippen LogP) is 3.26. The topological polar surface area (TPSA) is 51.8 Å². The summed E-state index contributed by atoms with van der Waals surface area (Å²) in [7, 11) is 0. The SMILES string of the molecule is CC(C)c1cc(N)nc(C2(c3ccccc3)CC2)n1. The highest BCUT2D eigenvalue weighted by Gasteiger charge is 2.48. The summed E-state index contributed by atoms with van der Waals surface area (Å²) < 4.78 is 0. The quantitative estimate of drug-likeness (QED) is 0.913. The molecule has 3 heteroatoms. The molecule has 19 heavy (non-hydrogen) atoms. The molecule has 1 aliphatic rings. The molecule has 0 spiro atoms. The second kappa shape index (κ2) is 4.34. The van der Waals surface area contributed by atoms with Crippen LogP contribution in [0.2, 0.25) is 0 Å². The van der Waals surface area contributed by atoms with Crippen molar-refractivity contribution < 1.29 is 0 Å². The van der Waals surface area contributed by atoms with Gasteiger partial charge in [-0.15, -0.1) is 0 Å². The maximum Gasteiger partial charge on any atom is 0.141 e. The predicted molar refractivity (Wildman–Crippen MR) is 77.0 cm³/mol. The number of hydrogen-bond acceptors (Lipinski definition) is 3. The molecule has 1 aromatic carbocycles. The molecule has 3 nitrogen and oxygen atoms in total. The first kappa shape index (κ1) is 12.2. The number of anilines is 1. The molecule has 98 valence electrons. The van der Waals surface area contributed by atoms with Crippen LogP contribution in [-0.2, 0) is 5.41 Å². The third-order valence-corrected chi connectivity index (χ3v) is 3.86. The summed E-state index contributed by atoms with van der Waals surface area (Å²) in [4.78, 5) is 9.25. The van der Waals surface area contributed by atoms with Gasteiger partial charge in [-0.1, -0.05) is 44.2 Å². The molecule has 0 aliphatic heterocycles. The summed E-state index contributed by atoms with van der Waals surface area (Å²) in [5.41, 5.74) is 8.28. The maximum absolute atomic E-state index is 5.95. The lowest BCUT2D eigenvalue weighted by Crippen LogP contribution is -2.16. The first-order valence-corrected chi connectivity index (χ1v) is 6.82. The lowest BCUT2D eigenvalue weighted by atomic mass is 9.94. The lowest BCUT2D eigenvalue weighted by Gasteiger charge is -2.16. The van der Waals surface area contributed by atoms with Gasteiger partial charge in [-0.25, -0.2) is 9.97 Å². The summed E-state index contributed by atoms with van der Waals surface area (Å²) in [6.07, 6.45) is 2.22. The Balaban J connectivity index is 2.07. The Hall–Kier alpha value is -1.90. The maximum atomic E-state index is 5.95. The van der Waals surface area contributed by atoms with Gasteiger partial charge in [0.2, 0.25) is 0 Å². The van der Waals surface area contributed by atoms with Gasteiger partial charge in [0.05, 0.1) is 5.41 Å². The van der Waals surface area contributed by atoms with Crippen molar-refractivity contribution in [1.82, 2.24) is 9.97 Å². The minimum atomic E-state index is 0.000278. The summed E-state index contributed by atoms with van der Waals surface area (Å²) >= 11 is 0. The van der Waals surface area contributed by atoms with Crippen LogP contribution in [0.25, 0.3) is 0 Å². The van der Waals surface area contributed by atoms with Gasteiger partial charge < -0.3 is 5.73 Å². The number of aromatic nitrogens is 2. The highest BCUT2D eigenvalue weighted by Crippen LogP contribution is 2.52. The zero-order chi connectivity index (χ0) is 13.5. The second-order valence-corrected chi connectivity index (χ2v) is 5.64. The molecule has 1 saturated carbocycles. The van der Waals surface area contributed by atoms with E-state index in [1.807, 2.05) is 12.1 Å². The van der Waals surface area contributed by atoms with Gasteiger partial charge in [0.15, 0.2) is 0 Å². The molecular formula is C16H19N3.